The van der Waals surface area contributed by atoms with Gasteiger partial charge in [0.2, 0.25) is 0 Å². The highest BCUT2D eigenvalue weighted by atomic mass is 15.2. The normalized spacial score (nSPS) is 15.3. The van der Waals surface area contributed by atoms with Crippen LogP contribution in [0.4, 0.5) is 11.5 Å². The number of rotatable bonds is 2. The van der Waals surface area contributed by atoms with E-state index in [0.29, 0.717) is 0 Å². The van der Waals surface area contributed by atoms with Gasteiger partial charge in [-0.2, -0.15) is 0 Å². The lowest BCUT2D eigenvalue weighted by Crippen LogP contribution is -2.25. The van der Waals surface area contributed by atoms with Crippen LogP contribution in [0.5, 0.6) is 0 Å². The third-order valence-electron chi connectivity index (χ3n) is 4.75. The van der Waals surface area contributed by atoms with Crippen LogP contribution in [-0.2, 0) is 5.41 Å². The van der Waals surface area contributed by atoms with Gasteiger partial charge in [0.25, 0.3) is 0 Å². The van der Waals surface area contributed by atoms with Crippen molar-refractivity contribution in [2.75, 3.05) is 11.4 Å². The molecule has 1 aromatic carbocycles. The van der Waals surface area contributed by atoms with E-state index < -0.39 is 0 Å². The Bertz CT molecular complexity index is 931. The molecule has 0 saturated carbocycles. The molecule has 0 saturated heterocycles. The lowest BCUT2D eigenvalue weighted by atomic mass is 9.86. The molecule has 1 aliphatic rings. The van der Waals surface area contributed by atoms with E-state index in [9.17, 15) is 0 Å². The first kappa shape index (κ1) is 15.7. The second kappa shape index (κ2) is 5.62. The predicted octanol–water partition coefficient (Wildman–Crippen LogP) is 3.98. The Morgan fingerprint density at radius 3 is 2.40 bits per heavy atom. The van der Waals surface area contributed by atoms with E-state index in [-0.39, 0.29) is 5.41 Å². The molecule has 0 aliphatic carbocycles. The van der Waals surface area contributed by atoms with Gasteiger partial charge in [-0.3, -0.25) is 0 Å². The van der Waals surface area contributed by atoms with Gasteiger partial charge in [-0.25, -0.2) is 19.9 Å². The summed E-state index contributed by atoms with van der Waals surface area (Å²) in [6.07, 6.45) is 5.39. The molecule has 3 aromatic rings. The number of benzene rings is 1. The van der Waals surface area contributed by atoms with Crippen molar-refractivity contribution in [1.82, 2.24) is 19.9 Å². The minimum atomic E-state index is 0.0660. The van der Waals surface area contributed by atoms with Crippen LogP contribution in [0.3, 0.4) is 0 Å². The molecular weight excluding hydrogens is 310 g/mol. The maximum atomic E-state index is 4.49. The fraction of sp³-hybridized carbons (Fsp3) is 0.300. The molecule has 0 bridgehead atoms. The summed E-state index contributed by atoms with van der Waals surface area (Å²) in [6, 6.07) is 8.63. The van der Waals surface area contributed by atoms with Crippen LogP contribution >= 0.6 is 0 Å². The zero-order chi connectivity index (χ0) is 17.6. The molecule has 0 spiro atoms. The third-order valence-corrected chi connectivity index (χ3v) is 4.75. The number of aromatic nitrogens is 4. The number of fused-ring (bicyclic) bond motifs is 1. The molecular formula is C20H21N5. The average molecular weight is 331 g/mol. The van der Waals surface area contributed by atoms with E-state index in [4.69, 9.17) is 0 Å². The van der Waals surface area contributed by atoms with E-state index in [0.717, 1.165) is 35.0 Å². The first-order valence-electron chi connectivity index (χ1n) is 8.44. The molecule has 0 atom stereocenters. The summed E-state index contributed by atoms with van der Waals surface area (Å²) >= 11 is 0. The van der Waals surface area contributed by atoms with Crippen molar-refractivity contribution in [1.29, 1.82) is 0 Å². The van der Waals surface area contributed by atoms with Crippen LogP contribution in [0.2, 0.25) is 0 Å². The van der Waals surface area contributed by atoms with Gasteiger partial charge in [-0.15, -0.1) is 0 Å². The monoisotopic (exact) mass is 331 g/mol. The van der Waals surface area contributed by atoms with Gasteiger partial charge in [-0.1, -0.05) is 26.0 Å². The van der Waals surface area contributed by atoms with E-state index >= 15 is 0 Å². The van der Waals surface area contributed by atoms with Crippen molar-refractivity contribution in [2.45, 2.75) is 33.1 Å². The molecule has 5 nitrogen and oxygen atoms in total. The van der Waals surface area contributed by atoms with Gasteiger partial charge in [-0.05, 0) is 31.0 Å². The van der Waals surface area contributed by atoms with Gasteiger partial charge < -0.3 is 4.90 Å². The highest BCUT2D eigenvalue weighted by Gasteiger charge is 2.36. The Balaban J connectivity index is 1.83. The van der Waals surface area contributed by atoms with Crippen molar-refractivity contribution in [2.24, 2.45) is 0 Å². The standard InChI is InChI=1S/C20H21N5/c1-13-7-19(24-12-23-13)25-11-20(3,4)17-6-5-15(8-18(17)25)16-9-21-14(2)22-10-16/h5-10,12H,11H2,1-4H3. The van der Waals surface area contributed by atoms with Crippen LogP contribution < -0.4 is 4.90 Å². The highest BCUT2D eigenvalue weighted by molar-refractivity contribution is 5.77. The summed E-state index contributed by atoms with van der Waals surface area (Å²) in [6.45, 7) is 9.33. The van der Waals surface area contributed by atoms with Crippen LogP contribution in [0.1, 0.15) is 30.9 Å². The maximum absolute atomic E-state index is 4.49. The van der Waals surface area contributed by atoms with Gasteiger partial charge in [0.15, 0.2) is 0 Å². The van der Waals surface area contributed by atoms with E-state index in [1.54, 1.807) is 6.33 Å². The quantitative estimate of drug-likeness (QED) is 0.711. The largest absolute Gasteiger partial charge is 0.325 e. The molecule has 5 heteroatoms. The molecule has 126 valence electrons. The second-order valence-corrected chi connectivity index (χ2v) is 7.24. The van der Waals surface area contributed by atoms with E-state index in [2.05, 4.69) is 56.9 Å². The van der Waals surface area contributed by atoms with E-state index in [1.165, 1.54) is 11.3 Å². The summed E-state index contributed by atoms with van der Waals surface area (Å²) in [7, 11) is 0. The van der Waals surface area contributed by atoms with Crippen LogP contribution in [-0.4, -0.2) is 26.5 Å². The number of hydrogen-bond acceptors (Lipinski definition) is 5. The smallest absolute Gasteiger partial charge is 0.136 e. The first-order valence-corrected chi connectivity index (χ1v) is 8.44. The molecule has 0 radical (unpaired) electrons. The van der Waals surface area contributed by atoms with Crippen LogP contribution in [0.25, 0.3) is 11.1 Å². The molecule has 1 aliphatic heterocycles. The molecule has 4 rings (SSSR count). The molecule has 2 aromatic heterocycles. The van der Waals surface area contributed by atoms with Gasteiger partial charge in [0, 0.05) is 47.4 Å². The molecule has 25 heavy (non-hydrogen) atoms. The van der Waals surface area contributed by atoms with Gasteiger partial charge >= 0.3 is 0 Å². The lowest BCUT2D eigenvalue weighted by Gasteiger charge is -2.21. The second-order valence-electron chi connectivity index (χ2n) is 7.24. The van der Waals surface area contributed by atoms with Crippen molar-refractivity contribution in [3.05, 3.63) is 60.1 Å². The number of nitrogens with zero attached hydrogens (tertiary/aromatic N) is 5. The van der Waals surface area contributed by atoms with Crippen molar-refractivity contribution in [3.63, 3.8) is 0 Å². The van der Waals surface area contributed by atoms with Crippen LogP contribution in [0.15, 0.2) is 43.0 Å². The Morgan fingerprint density at radius 2 is 1.68 bits per heavy atom. The molecule has 3 heterocycles. The summed E-state index contributed by atoms with van der Waals surface area (Å²) in [5, 5.41) is 0. The molecule has 0 amide bonds. The Morgan fingerprint density at radius 1 is 0.920 bits per heavy atom. The maximum Gasteiger partial charge on any atom is 0.136 e. The summed E-state index contributed by atoms with van der Waals surface area (Å²) in [4.78, 5) is 19.6. The zero-order valence-corrected chi connectivity index (χ0v) is 15.0. The number of aryl methyl sites for hydroxylation is 2. The lowest BCUT2D eigenvalue weighted by molar-refractivity contribution is 0.567. The van der Waals surface area contributed by atoms with Crippen LogP contribution in [0, 0.1) is 13.8 Å². The Labute approximate surface area is 147 Å². The highest BCUT2D eigenvalue weighted by Crippen LogP contribution is 2.45. The van der Waals surface area contributed by atoms with Crippen molar-refractivity contribution >= 4 is 11.5 Å². The first-order chi connectivity index (χ1) is 11.9. The van der Waals surface area contributed by atoms with Crippen molar-refractivity contribution < 1.29 is 0 Å². The number of anilines is 2. The van der Waals surface area contributed by atoms with Gasteiger partial charge in [0.1, 0.15) is 18.0 Å². The predicted molar refractivity (Wildman–Crippen MR) is 99.0 cm³/mol. The minimum Gasteiger partial charge on any atom is -0.325 e. The van der Waals surface area contributed by atoms with E-state index in [1.807, 2.05) is 32.3 Å². The fourth-order valence-electron chi connectivity index (χ4n) is 3.41. The fourth-order valence-corrected chi connectivity index (χ4v) is 3.41. The molecule has 0 N–H and O–H groups in total. The number of hydrogen-bond donors (Lipinski definition) is 0. The summed E-state index contributed by atoms with van der Waals surface area (Å²) < 4.78 is 0. The summed E-state index contributed by atoms with van der Waals surface area (Å²) in [5.41, 5.74) is 5.71. The molecule has 0 fully saturated rings. The Kier molecular flexibility index (Phi) is 3.53. The minimum absolute atomic E-state index is 0.0660. The summed E-state index contributed by atoms with van der Waals surface area (Å²) in [5.74, 6) is 1.72. The average Bonchev–Trinajstić information content (AvgIpc) is 2.86. The van der Waals surface area contributed by atoms with Gasteiger partial charge in [0.05, 0.1) is 0 Å². The topological polar surface area (TPSA) is 54.8 Å². The third kappa shape index (κ3) is 2.76. The zero-order valence-electron chi connectivity index (χ0n) is 15.0. The molecule has 0 unspecified atom stereocenters. The SMILES string of the molecule is Cc1cc(N2CC(C)(C)c3ccc(-c4cnc(C)nc4)cc32)ncn1. The van der Waals surface area contributed by atoms with Crippen molar-refractivity contribution in [3.8, 4) is 11.1 Å². The Hall–Kier alpha value is -2.82.